The van der Waals surface area contributed by atoms with Crippen LogP contribution < -0.4 is 10.6 Å². The second-order valence-electron chi connectivity index (χ2n) is 5.26. The van der Waals surface area contributed by atoms with Gasteiger partial charge in [0.15, 0.2) is 0 Å². The lowest BCUT2D eigenvalue weighted by molar-refractivity contribution is -0.125. The SMILES string of the molecule is Cc1ccc(NC(=O)C2(C)CCCNC2)cc1F. The molecule has 1 atom stereocenters. The average Bonchev–Trinajstić information content (AvgIpc) is 2.35. The molecule has 1 amide bonds. The molecule has 0 spiro atoms. The van der Waals surface area contributed by atoms with Crippen molar-refractivity contribution in [1.82, 2.24) is 5.32 Å². The van der Waals surface area contributed by atoms with Crippen LogP contribution >= 0.6 is 0 Å². The number of hydrogen-bond acceptors (Lipinski definition) is 2. The summed E-state index contributed by atoms with van der Waals surface area (Å²) >= 11 is 0. The maximum atomic E-state index is 13.4. The lowest BCUT2D eigenvalue weighted by Gasteiger charge is -2.32. The van der Waals surface area contributed by atoms with Crippen LogP contribution in [0.4, 0.5) is 10.1 Å². The molecule has 1 unspecified atom stereocenters. The van der Waals surface area contributed by atoms with E-state index >= 15 is 0 Å². The summed E-state index contributed by atoms with van der Waals surface area (Å²) in [6, 6.07) is 4.77. The topological polar surface area (TPSA) is 41.1 Å². The number of carbonyl (C=O) groups excluding carboxylic acids is 1. The lowest BCUT2D eigenvalue weighted by Crippen LogP contribution is -2.46. The van der Waals surface area contributed by atoms with Crippen LogP contribution in [0, 0.1) is 18.2 Å². The zero-order valence-electron chi connectivity index (χ0n) is 10.8. The van der Waals surface area contributed by atoms with Crippen LogP contribution in [0.2, 0.25) is 0 Å². The van der Waals surface area contributed by atoms with E-state index < -0.39 is 5.41 Å². The number of hydrogen-bond donors (Lipinski definition) is 2. The fraction of sp³-hybridized carbons (Fsp3) is 0.500. The zero-order chi connectivity index (χ0) is 13.2. The van der Waals surface area contributed by atoms with Crippen molar-refractivity contribution in [2.45, 2.75) is 26.7 Å². The molecule has 1 saturated heterocycles. The molecule has 1 aromatic rings. The third-order valence-electron chi connectivity index (χ3n) is 3.58. The van der Waals surface area contributed by atoms with Crippen molar-refractivity contribution in [3.63, 3.8) is 0 Å². The highest BCUT2D eigenvalue weighted by atomic mass is 19.1. The lowest BCUT2D eigenvalue weighted by atomic mass is 9.82. The summed E-state index contributed by atoms with van der Waals surface area (Å²) in [5, 5.41) is 6.03. The number of anilines is 1. The monoisotopic (exact) mass is 250 g/mol. The minimum atomic E-state index is -0.403. The maximum Gasteiger partial charge on any atom is 0.231 e. The first kappa shape index (κ1) is 13.0. The van der Waals surface area contributed by atoms with Gasteiger partial charge >= 0.3 is 0 Å². The van der Waals surface area contributed by atoms with Gasteiger partial charge in [-0.15, -0.1) is 0 Å². The molecule has 98 valence electrons. The van der Waals surface area contributed by atoms with Gasteiger partial charge in [-0.2, -0.15) is 0 Å². The fourth-order valence-electron chi connectivity index (χ4n) is 2.20. The van der Waals surface area contributed by atoms with Crippen molar-refractivity contribution in [2.24, 2.45) is 5.41 Å². The van der Waals surface area contributed by atoms with Crippen molar-refractivity contribution in [2.75, 3.05) is 18.4 Å². The van der Waals surface area contributed by atoms with Gasteiger partial charge in [0.05, 0.1) is 5.41 Å². The van der Waals surface area contributed by atoms with Crippen LogP contribution in [-0.2, 0) is 4.79 Å². The molecule has 18 heavy (non-hydrogen) atoms. The van der Waals surface area contributed by atoms with E-state index in [2.05, 4.69) is 10.6 Å². The van der Waals surface area contributed by atoms with Gasteiger partial charge < -0.3 is 10.6 Å². The molecular formula is C14H19FN2O. The number of halogens is 1. The molecule has 4 heteroatoms. The molecule has 1 aliphatic rings. The van der Waals surface area contributed by atoms with Crippen LogP contribution in [0.1, 0.15) is 25.3 Å². The van der Waals surface area contributed by atoms with Crippen LogP contribution in [0.5, 0.6) is 0 Å². The second-order valence-corrected chi connectivity index (χ2v) is 5.26. The highest BCUT2D eigenvalue weighted by Gasteiger charge is 2.34. The average molecular weight is 250 g/mol. The third kappa shape index (κ3) is 2.70. The van der Waals surface area contributed by atoms with E-state index in [4.69, 9.17) is 0 Å². The van der Waals surface area contributed by atoms with E-state index in [1.54, 1.807) is 19.1 Å². The maximum absolute atomic E-state index is 13.4. The van der Waals surface area contributed by atoms with Crippen molar-refractivity contribution < 1.29 is 9.18 Å². The van der Waals surface area contributed by atoms with Gasteiger partial charge in [0.2, 0.25) is 5.91 Å². The van der Waals surface area contributed by atoms with Crippen LogP contribution in [-0.4, -0.2) is 19.0 Å². The number of carbonyl (C=O) groups is 1. The molecule has 2 N–H and O–H groups in total. The highest BCUT2D eigenvalue weighted by Crippen LogP contribution is 2.27. The molecular weight excluding hydrogens is 231 g/mol. The Balaban J connectivity index is 2.08. The Bertz CT molecular complexity index is 453. The number of rotatable bonds is 2. The molecule has 0 bridgehead atoms. The summed E-state index contributed by atoms with van der Waals surface area (Å²) in [5.41, 5.74) is 0.702. The fourth-order valence-corrected chi connectivity index (χ4v) is 2.20. The van der Waals surface area contributed by atoms with Crippen molar-refractivity contribution >= 4 is 11.6 Å². The molecule has 0 radical (unpaired) electrons. The molecule has 0 aromatic heterocycles. The van der Waals surface area contributed by atoms with Gasteiger partial charge in [0.25, 0.3) is 0 Å². The van der Waals surface area contributed by atoms with Crippen molar-refractivity contribution in [3.8, 4) is 0 Å². The summed E-state index contributed by atoms with van der Waals surface area (Å²) in [7, 11) is 0. The molecule has 3 nitrogen and oxygen atoms in total. The van der Waals surface area contributed by atoms with E-state index in [1.165, 1.54) is 6.07 Å². The molecule has 0 saturated carbocycles. The number of amides is 1. The smallest absolute Gasteiger partial charge is 0.231 e. The first-order chi connectivity index (χ1) is 8.51. The molecule has 2 rings (SSSR count). The van der Waals surface area contributed by atoms with Gasteiger partial charge in [0, 0.05) is 12.2 Å². The Morgan fingerprint density at radius 1 is 1.50 bits per heavy atom. The van der Waals surface area contributed by atoms with Crippen LogP contribution in [0.15, 0.2) is 18.2 Å². The second kappa shape index (κ2) is 5.06. The van der Waals surface area contributed by atoms with Crippen molar-refractivity contribution in [3.05, 3.63) is 29.6 Å². The first-order valence-corrected chi connectivity index (χ1v) is 6.30. The van der Waals surface area contributed by atoms with E-state index in [0.29, 0.717) is 17.8 Å². The first-order valence-electron chi connectivity index (χ1n) is 6.30. The molecule has 1 heterocycles. The Labute approximate surface area is 107 Å². The van der Waals surface area contributed by atoms with Gasteiger partial charge in [-0.05, 0) is 50.9 Å². The highest BCUT2D eigenvalue weighted by molar-refractivity contribution is 5.95. The number of benzene rings is 1. The van der Waals surface area contributed by atoms with Gasteiger partial charge in [0.1, 0.15) is 5.82 Å². The van der Waals surface area contributed by atoms with Gasteiger partial charge in [-0.1, -0.05) is 6.07 Å². The van der Waals surface area contributed by atoms with E-state index in [1.807, 2.05) is 6.92 Å². The molecule has 1 fully saturated rings. The minimum absolute atomic E-state index is 0.0436. The number of piperidine rings is 1. The molecule has 1 aliphatic heterocycles. The molecule has 0 aliphatic carbocycles. The van der Waals surface area contributed by atoms with Crippen LogP contribution in [0.25, 0.3) is 0 Å². The van der Waals surface area contributed by atoms with E-state index in [0.717, 1.165) is 19.4 Å². The summed E-state index contributed by atoms with van der Waals surface area (Å²) in [5.74, 6) is -0.335. The largest absolute Gasteiger partial charge is 0.325 e. The van der Waals surface area contributed by atoms with E-state index in [9.17, 15) is 9.18 Å². The summed E-state index contributed by atoms with van der Waals surface area (Å²) in [4.78, 5) is 12.2. The Kier molecular flexibility index (Phi) is 3.66. The molecule has 1 aromatic carbocycles. The third-order valence-corrected chi connectivity index (χ3v) is 3.58. The summed E-state index contributed by atoms with van der Waals surface area (Å²) in [6.07, 6.45) is 1.85. The predicted molar refractivity (Wildman–Crippen MR) is 70.0 cm³/mol. The normalized spacial score (nSPS) is 23.7. The number of aryl methyl sites for hydroxylation is 1. The van der Waals surface area contributed by atoms with Gasteiger partial charge in [-0.25, -0.2) is 4.39 Å². The summed E-state index contributed by atoms with van der Waals surface area (Å²) in [6.45, 7) is 5.28. The van der Waals surface area contributed by atoms with Gasteiger partial charge in [-0.3, -0.25) is 4.79 Å². The van der Waals surface area contributed by atoms with E-state index in [-0.39, 0.29) is 11.7 Å². The predicted octanol–water partition coefficient (Wildman–Crippen LogP) is 2.46. The standard InChI is InChI=1S/C14H19FN2O/c1-10-4-5-11(8-12(10)15)17-13(18)14(2)6-3-7-16-9-14/h4-5,8,16H,3,6-7,9H2,1-2H3,(H,17,18). The quantitative estimate of drug-likeness (QED) is 0.846. The zero-order valence-corrected chi connectivity index (χ0v) is 10.8. The Hall–Kier alpha value is -1.42. The summed E-state index contributed by atoms with van der Waals surface area (Å²) < 4.78 is 13.4. The number of nitrogens with one attached hydrogen (secondary N) is 2. The Morgan fingerprint density at radius 2 is 2.28 bits per heavy atom. The minimum Gasteiger partial charge on any atom is -0.325 e. The Morgan fingerprint density at radius 3 is 2.89 bits per heavy atom. The van der Waals surface area contributed by atoms with Crippen LogP contribution in [0.3, 0.4) is 0 Å². The van der Waals surface area contributed by atoms with Crippen molar-refractivity contribution in [1.29, 1.82) is 0 Å².